The second-order valence-electron chi connectivity index (χ2n) is 6.73. The third-order valence-corrected chi connectivity index (χ3v) is 4.60. The molecule has 1 nitrogen and oxygen atoms in total. The second-order valence-corrected chi connectivity index (χ2v) is 7.37. The first-order valence-electron chi connectivity index (χ1n) is 7.26. The molecular formula is C17H25BrO. The van der Waals surface area contributed by atoms with E-state index in [4.69, 9.17) is 4.74 Å². The van der Waals surface area contributed by atoms with Crippen LogP contribution in [0.3, 0.4) is 0 Å². The fourth-order valence-electron chi connectivity index (χ4n) is 3.47. The average Bonchev–Trinajstić information content (AvgIpc) is 2.34. The third-order valence-electron chi connectivity index (χ3n) is 4.01. The highest BCUT2D eigenvalue weighted by atomic mass is 79.9. The summed E-state index contributed by atoms with van der Waals surface area (Å²) in [5.74, 6) is 0.764. The molecule has 0 heterocycles. The number of ether oxygens (including phenoxy) is 1. The Kier molecular flexibility index (Phi) is 5.08. The van der Waals surface area contributed by atoms with Gasteiger partial charge in [-0.2, -0.15) is 0 Å². The predicted octanol–water partition coefficient (Wildman–Crippen LogP) is 5.35. The number of halogens is 1. The maximum Gasteiger partial charge on any atom is 0.0925 e. The van der Waals surface area contributed by atoms with Crippen molar-refractivity contribution in [3.63, 3.8) is 0 Å². The molecule has 1 aromatic carbocycles. The molecule has 1 fully saturated rings. The standard InChI is InChI=1S/C17H25BrO/c1-13-9-15(11-17(2,3)10-13)19-16(12-18)14-7-5-4-6-8-14/h4-8,13,15-16H,9-12H2,1-3H3. The molecule has 0 N–H and O–H groups in total. The van der Waals surface area contributed by atoms with Crippen LogP contribution in [0.15, 0.2) is 30.3 Å². The Hall–Kier alpha value is -0.340. The van der Waals surface area contributed by atoms with Crippen molar-refractivity contribution in [2.24, 2.45) is 11.3 Å². The van der Waals surface area contributed by atoms with Crippen molar-refractivity contribution in [1.29, 1.82) is 0 Å². The Bertz CT molecular complexity index is 388. The summed E-state index contributed by atoms with van der Waals surface area (Å²) < 4.78 is 6.39. The number of hydrogen-bond acceptors (Lipinski definition) is 1. The maximum absolute atomic E-state index is 6.39. The minimum Gasteiger partial charge on any atom is -0.369 e. The zero-order chi connectivity index (χ0) is 13.9. The lowest BCUT2D eigenvalue weighted by molar-refractivity contribution is -0.0579. The lowest BCUT2D eigenvalue weighted by Gasteiger charge is -2.40. The Morgan fingerprint density at radius 1 is 1.26 bits per heavy atom. The van der Waals surface area contributed by atoms with Crippen molar-refractivity contribution < 1.29 is 4.74 Å². The highest BCUT2D eigenvalue weighted by Gasteiger charge is 2.33. The van der Waals surface area contributed by atoms with Gasteiger partial charge >= 0.3 is 0 Å². The minimum atomic E-state index is 0.173. The first kappa shape index (κ1) is 15.1. The van der Waals surface area contributed by atoms with Gasteiger partial charge in [-0.3, -0.25) is 0 Å². The van der Waals surface area contributed by atoms with Crippen molar-refractivity contribution in [1.82, 2.24) is 0 Å². The molecule has 1 aliphatic carbocycles. The van der Waals surface area contributed by atoms with E-state index in [2.05, 4.69) is 67.0 Å². The molecule has 0 aliphatic heterocycles. The topological polar surface area (TPSA) is 9.23 Å². The fourth-order valence-corrected chi connectivity index (χ4v) is 3.99. The van der Waals surface area contributed by atoms with Crippen LogP contribution in [0.4, 0.5) is 0 Å². The minimum absolute atomic E-state index is 0.173. The summed E-state index contributed by atoms with van der Waals surface area (Å²) in [7, 11) is 0. The molecule has 0 radical (unpaired) electrons. The highest BCUT2D eigenvalue weighted by Crippen LogP contribution is 2.41. The average molecular weight is 325 g/mol. The molecule has 0 bridgehead atoms. The summed E-state index contributed by atoms with van der Waals surface area (Å²) in [6, 6.07) is 10.5. The molecule has 0 saturated heterocycles. The Morgan fingerprint density at radius 3 is 2.53 bits per heavy atom. The van der Waals surface area contributed by atoms with Crippen LogP contribution in [-0.4, -0.2) is 11.4 Å². The summed E-state index contributed by atoms with van der Waals surface area (Å²) in [5, 5.41) is 0.863. The molecule has 3 unspecified atom stereocenters. The molecule has 0 spiro atoms. The summed E-state index contributed by atoms with van der Waals surface area (Å²) in [6.07, 6.45) is 4.25. The first-order valence-corrected chi connectivity index (χ1v) is 8.39. The molecule has 2 heteroatoms. The van der Waals surface area contributed by atoms with Crippen molar-refractivity contribution in [2.75, 3.05) is 5.33 Å². The van der Waals surface area contributed by atoms with Crippen molar-refractivity contribution in [3.05, 3.63) is 35.9 Å². The van der Waals surface area contributed by atoms with E-state index < -0.39 is 0 Å². The molecule has 106 valence electrons. The van der Waals surface area contributed by atoms with E-state index in [1.165, 1.54) is 24.8 Å². The van der Waals surface area contributed by atoms with Gasteiger partial charge < -0.3 is 4.74 Å². The van der Waals surface area contributed by atoms with E-state index in [0.29, 0.717) is 11.5 Å². The lowest BCUT2D eigenvalue weighted by atomic mass is 9.71. The quantitative estimate of drug-likeness (QED) is 0.678. The van der Waals surface area contributed by atoms with Crippen LogP contribution in [0.2, 0.25) is 0 Å². The van der Waals surface area contributed by atoms with Crippen LogP contribution in [0.1, 0.15) is 51.7 Å². The van der Waals surface area contributed by atoms with Crippen LogP contribution >= 0.6 is 15.9 Å². The van der Waals surface area contributed by atoms with Crippen LogP contribution in [-0.2, 0) is 4.74 Å². The summed E-state index contributed by atoms with van der Waals surface area (Å²) in [4.78, 5) is 0. The van der Waals surface area contributed by atoms with Crippen LogP contribution < -0.4 is 0 Å². The zero-order valence-corrected chi connectivity index (χ0v) is 13.8. The molecule has 1 aromatic rings. The number of rotatable bonds is 4. The van der Waals surface area contributed by atoms with Crippen molar-refractivity contribution in [3.8, 4) is 0 Å². The lowest BCUT2D eigenvalue weighted by Crippen LogP contribution is -2.33. The number of alkyl halides is 1. The van der Waals surface area contributed by atoms with E-state index in [0.717, 1.165) is 11.2 Å². The van der Waals surface area contributed by atoms with Crippen molar-refractivity contribution >= 4 is 15.9 Å². The summed E-state index contributed by atoms with van der Waals surface area (Å²) in [6.45, 7) is 7.08. The number of hydrogen-bond donors (Lipinski definition) is 0. The van der Waals surface area contributed by atoms with Crippen LogP contribution in [0.5, 0.6) is 0 Å². The Labute approximate surface area is 125 Å². The Balaban J connectivity index is 2.02. The second kappa shape index (κ2) is 6.41. The Morgan fingerprint density at radius 2 is 1.95 bits per heavy atom. The van der Waals surface area contributed by atoms with Gasteiger partial charge in [-0.25, -0.2) is 0 Å². The van der Waals surface area contributed by atoms with Crippen LogP contribution in [0, 0.1) is 11.3 Å². The largest absolute Gasteiger partial charge is 0.369 e. The molecule has 1 saturated carbocycles. The smallest absolute Gasteiger partial charge is 0.0925 e. The molecule has 3 atom stereocenters. The van der Waals surface area contributed by atoms with Gasteiger partial charge in [-0.05, 0) is 36.2 Å². The van der Waals surface area contributed by atoms with Gasteiger partial charge in [0.15, 0.2) is 0 Å². The van der Waals surface area contributed by atoms with Gasteiger partial charge in [0, 0.05) is 5.33 Å². The maximum atomic E-state index is 6.39. The molecular weight excluding hydrogens is 300 g/mol. The van der Waals surface area contributed by atoms with Crippen LogP contribution in [0.25, 0.3) is 0 Å². The van der Waals surface area contributed by atoms with E-state index in [1.54, 1.807) is 0 Å². The van der Waals surface area contributed by atoms with E-state index in [9.17, 15) is 0 Å². The van der Waals surface area contributed by atoms with Crippen molar-refractivity contribution in [2.45, 2.75) is 52.2 Å². The van der Waals surface area contributed by atoms with E-state index in [1.807, 2.05) is 0 Å². The fraction of sp³-hybridized carbons (Fsp3) is 0.647. The summed E-state index contributed by atoms with van der Waals surface area (Å²) in [5.41, 5.74) is 1.69. The van der Waals surface area contributed by atoms with Gasteiger partial charge in [0.2, 0.25) is 0 Å². The molecule has 0 aromatic heterocycles. The zero-order valence-electron chi connectivity index (χ0n) is 12.2. The first-order chi connectivity index (χ1) is 9.00. The third kappa shape index (κ3) is 4.32. The molecule has 1 aliphatic rings. The van der Waals surface area contributed by atoms with Gasteiger partial charge in [-0.15, -0.1) is 0 Å². The molecule has 19 heavy (non-hydrogen) atoms. The normalized spacial score (nSPS) is 28.0. The SMILES string of the molecule is CC1CC(OC(CBr)c2ccccc2)CC(C)(C)C1. The van der Waals surface area contributed by atoms with Gasteiger partial charge in [0.25, 0.3) is 0 Å². The predicted molar refractivity (Wildman–Crippen MR) is 84.6 cm³/mol. The van der Waals surface area contributed by atoms with Gasteiger partial charge in [0.1, 0.15) is 0 Å². The highest BCUT2D eigenvalue weighted by molar-refractivity contribution is 9.09. The number of benzene rings is 1. The van der Waals surface area contributed by atoms with E-state index in [-0.39, 0.29) is 6.10 Å². The van der Waals surface area contributed by atoms with Gasteiger partial charge in [0.05, 0.1) is 12.2 Å². The molecule has 2 rings (SSSR count). The van der Waals surface area contributed by atoms with E-state index >= 15 is 0 Å². The van der Waals surface area contributed by atoms with Gasteiger partial charge in [-0.1, -0.05) is 67.0 Å². The summed E-state index contributed by atoms with van der Waals surface area (Å²) >= 11 is 3.60. The monoisotopic (exact) mass is 324 g/mol. The molecule has 0 amide bonds.